The number of nitrogens with one attached hydrogen (secondary N) is 1. The van der Waals surface area contributed by atoms with E-state index in [4.69, 9.17) is 0 Å². The summed E-state index contributed by atoms with van der Waals surface area (Å²) in [6.45, 7) is 0.115. The van der Waals surface area contributed by atoms with Gasteiger partial charge >= 0.3 is 6.36 Å². The first-order chi connectivity index (χ1) is 12.4. The van der Waals surface area contributed by atoms with Crippen LogP contribution in [0.5, 0.6) is 5.75 Å². The number of rotatable bonds is 5. The molecule has 0 bridgehead atoms. The number of ether oxygens (including phenoxy) is 1. The molecule has 1 aliphatic heterocycles. The predicted molar refractivity (Wildman–Crippen MR) is 94.5 cm³/mol. The van der Waals surface area contributed by atoms with E-state index in [0.717, 1.165) is 5.56 Å². The zero-order chi connectivity index (χ0) is 18.7. The molecule has 9 heteroatoms. The van der Waals surface area contributed by atoms with Crippen LogP contribution < -0.4 is 15.0 Å². The first kappa shape index (κ1) is 18.4. The van der Waals surface area contributed by atoms with Crippen LogP contribution in [-0.4, -0.2) is 35.8 Å². The molecular weight excluding hydrogens is 367 g/mol. The van der Waals surface area contributed by atoms with E-state index in [-0.39, 0.29) is 24.2 Å². The number of fused-ring (bicyclic) bond motifs is 1. The molecule has 1 unspecified atom stereocenters. The SMILES string of the molecule is CSCC(c1ccc(OC(F)(F)F)cc1)N1C(=O)CNc2ncccc21. The van der Waals surface area contributed by atoms with E-state index in [2.05, 4.69) is 15.0 Å². The number of nitrogens with zero attached hydrogens (tertiary/aromatic N) is 2. The highest BCUT2D eigenvalue weighted by molar-refractivity contribution is 7.98. The first-order valence-corrected chi connectivity index (χ1v) is 9.14. The van der Waals surface area contributed by atoms with Crippen LogP contribution in [0.2, 0.25) is 0 Å². The average molecular weight is 383 g/mol. The zero-order valence-corrected chi connectivity index (χ0v) is 14.6. The van der Waals surface area contributed by atoms with E-state index in [9.17, 15) is 18.0 Å². The lowest BCUT2D eigenvalue weighted by atomic mass is 10.0. The summed E-state index contributed by atoms with van der Waals surface area (Å²) in [4.78, 5) is 18.4. The Morgan fingerprint density at radius 1 is 1.31 bits per heavy atom. The minimum Gasteiger partial charge on any atom is -0.406 e. The third kappa shape index (κ3) is 4.04. The van der Waals surface area contributed by atoms with Crippen molar-refractivity contribution in [3.63, 3.8) is 0 Å². The maximum absolute atomic E-state index is 12.6. The smallest absolute Gasteiger partial charge is 0.406 e. The van der Waals surface area contributed by atoms with Crippen molar-refractivity contribution < 1.29 is 22.7 Å². The molecule has 0 saturated carbocycles. The molecule has 1 aliphatic rings. The lowest BCUT2D eigenvalue weighted by molar-refractivity contribution is -0.274. The lowest BCUT2D eigenvalue weighted by Crippen LogP contribution is -2.43. The van der Waals surface area contributed by atoms with Crippen LogP contribution in [0, 0.1) is 0 Å². The monoisotopic (exact) mass is 383 g/mol. The van der Waals surface area contributed by atoms with Gasteiger partial charge in [-0.15, -0.1) is 13.2 Å². The van der Waals surface area contributed by atoms with Gasteiger partial charge in [0.25, 0.3) is 0 Å². The standard InChI is InChI=1S/C17H16F3N3O2S/c1-26-10-14(11-4-6-12(7-5-11)25-17(18,19)20)23-13-3-2-8-21-16(13)22-9-15(23)24/h2-8,14H,9-10H2,1H3,(H,21,22). The second kappa shape index (κ2) is 7.45. The van der Waals surface area contributed by atoms with Crippen molar-refractivity contribution in [2.75, 3.05) is 28.8 Å². The van der Waals surface area contributed by atoms with Crippen molar-refractivity contribution >= 4 is 29.2 Å². The van der Waals surface area contributed by atoms with Gasteiger partial charge in [-0.1, -0.05) is 12.1 Å². The molecule has 1 aromatic heterocycles. The summed E-state index contributed by atoms with van der Waals surface area (Å²) in [5, 5.41) is 2.97. The number of hydrogen-bond donors (Lipinski definition) is 1. The average Bonchev–Trinajstić information content (AvgIpc) is 2.60. The summed E-state index contributed by atoms with van der Waals surface area (Å²) in [6, 6.07) is 8.81. The van der Waals surface area contributed by atoms with Gasteiger partial charge in [0.15, 0.2) is 0 Å². The van der Waals surface area contributed by atoms with Gasteiger partial charge in [-0.3, -0.25) is 9.69 Å². The Bertz CT molecular complexity index is 784. The van der Waals surface area contributed by atoms with Crippen molar-refractivity contribution in [1.29, 1.82) is 0 Å². The van der Waals surface area contributed by atoms with Gasteiger partial charge in [-0.2, -0.15) is 11.8 Å². The summed E-state index contributed by atoms with van der Waals surface area (Å²) < 4.78 is 40.9. The van der Waals surface area contributed by atoms with Crippen LogP contribution in [0.3, 0.4) is 0 Å². The van der Waals surface area contributed by atoms with Crippen LogP contribution in [-0.2, 0) is 4.79 Å². The van der Waals surface area contributed by atoms with E-state index in [1.165, 1.54) is 12.1 Å². The molecule has 5 nitrogen and oxygen atoms in total. The van der Waals surface area contributed by atoms with Crippen molar-refractivity contribution in [1.82, 2.24) is 4.98 Å². The summed E-state index contributed by atoms with van der Waals surface area (Å²) in [5.74, 6) is 0.771. The highest BCUT2D eigenvalue weighted by Gasteiger charge is 2.33. The first-order valence-electron chi connectivity index (χ1n) is 7.74. The quantitative estimate of drug-likeness (QED) is 0.850. The normalized spacial score (nSPS) is 15.2. The van der Waals surface area contributed by atoms with Crippen molar-refractivity contribution in [2.24, 2.45) is 0 Å². The van der Waals surface area contributed by atoms with Gasteiger partial charge in [0.05, 0.1) is 18.3 Å². The number of carbonyl (C=O) groups excluding carboxylic acids is 1. The van der Waals surface area contributed by atoms with Gasteiger partial charge in [-0.05, 0) is 36.1 Å². The number of benzene rings is 1. The van der Waals surface area contributed by atoms with Crippen molar-refractivity contribution in [2.45, 2.75) is 12.4 Å². The Kier molecular flexibility index (Phi) is 5.26. The molecule has 138 valence electrons. The second-order valence-corrected chi connectivity index (χ2v) is 6.49. The number of thioether (sulfide) groups is 1. The molecule has 2 aromatic rings. The summed E-state index contributed by atoms with van der Waals surface area (Å²) >= 11 is 1.54. The Balaban J connectivity index is 1.93. The van der Waals surface area contributed by atoms with Gasteiger partial charge in [0.2, 0.25) is 5.91 Å². The van der Waals surface area contributed by atoms with Crippen LogP contribution in [0.15, 0.2) is 42.6 Å². The third-order valence-electron chi connectivity index (χ3n) is 3.86. The molecule has 1 amide bonds. The van der Waals surface area contributed by atoms with E-state index in [1.54, 1.807) is 47.1 Å². The maximum Gasteiger partial charge on any atom is 0.573 e. The molecule has 0 aliphatic carbocycles. The van der Waals surface area contributed by atoms with E-state index < -0.39 is 6.36 Å². The molecular formula is C17H16F3N3O2S. The zero-order valence-electron chi connectivity index (χ0n) is 13.8. The van der Waals surface area contributed by atoms with Crippen LogP contribution in [0.4, 0.5) is 24.7 Å². The molecule has 1 N–H and O–H groups in total. The lowest BCUT2D eigenvalue weighted by Gasteiger charge is -2.36. The summed E-state index contributed by atoms with van der Waals surface area (Å²) in [5.41, 5.74) is 1.37. The highest BCUT2D eigenvalue weighted by atomic mass is 32.2. The molecule has 26 heavy (non-hydrogen) atoms. The van der Waals surface area contributed by atoms with Crippen molar-refractivity contribution in [3.8, 4) is 5.75 Å². The number of halogens is 3. The summed E-state index contributed by atoms with van der Waals surface area (Å²) in [6.07, 6.45) is -1.20. The van der Waals surface area contributed by atoms with Crippen LogP contribution in [0.1, 0.15) is 11.6 Å². The van der Waals surface area contributed by atoms with Gasteiger partial charge < -0.3 is 10.1 Å². The minimum absolute atomic E-state index is 0.115. The molecule has 2 heterocycles. The molecule has 0 fully saturated rings. The Morgan fingerprint density at radius 3 is 2.69 bits per heavy atom. The van der Waals surface area contributed by atoms with Crippen molar-refractivity contribution in [3.05, 3.63) is 48.2 Å². The second-order valence-electron chi connectivity index (χ2n) is 5.58. The molecule has 0 spiro atoms. The van der Waals surface area contributed by atoms with Crippen LogP contribution in [0.25, 0.3) is 0 Å². The number of carbonyl (C=O) groups is 1. The van der Waals surface area contributed by atoms with Gasteiger partial charge in [0, 0.05) is 11.9 Å². The fourth-order valence-electron chi connectivity index (χ4n) is 2.82. The number of pyridine rings is 1. The largest absolute Gasteiger partial charge is 0.573 e. The predicted octanol–water partition coefficient (Wildman–Crippen LogP) is 3.84. The molecule has 1 atom stereocenters. The van der Waals surface area contributed by atoms with Gasteiger partial charge in [-0.25, -0.2) is 4.98 Å². The van der Waals surface area contributed by atoms with E-state index in [0.29, 0.717) is 17.3 Å². The topological polar surface area (TPSA) is 54.5 Å². The molecule has 3 rings (SSSR count). The minimum atomic E-state index is -4.74. The number of alkyl halides is 3. The molecule has 0 saturated heterocycles. The molecule has 1 aromatic carbocycles. The van der Waals surface area contributed by atoms with Gasteiger partial charge in [0.1, 0.15) is 11.6 Å². The fourth-order valence-corrected chi connectivity index (χ4v) is 3.47. The number of hydrogen-bond acceptors (Lipinski definition) is 5. The number of anilines is 2. The summed E-state index contributed by atoms with van der Waals surface area (Å²) in [7, 11) is 0. The Hall–Kier alpha value is -2.42. The highest BCUT2D eigenvalue weighted by Crippen LogP contribution is 2.36. The van der Waals surface area contributed by atoms with E-state index in [1.807, 2.05) is 6.26 Å². The fraction of sp³-hybridized carbons (Fsp3) is 0.294. The Labute approximate surface area is 152 Å². The number of amides is 1. The van der Waals surface area contributed by atoms with E-state index >= 15 is 0 Å². The molecule has 0 radical (unpaired) electrons. The third-order valence-corrected chi connectivity index (χ3v) is 4.51. The maximum atomic E-state index is 12.6. The Morgan fingerprint density at radius 2 is 2.04 bits per heavy atom. The number of aromatic nitrogens is 1. The van der Waals surface area contributed by atoms with Crippen LogP contribution >= 0.6 is 11.8 Å².